The van der Waals surface area contributed by atoms with Gasteiger partial charge in [0.1, 0.15) is 0 Å². The Balaban J connectivity index is 1.42. The molecule has 1 heterocycles. The highest BCUT2D eigenvalue weighted by atomic mass is 19.3. The molecule has 1 saturated heterocycles. The Bertz CT molecular complexity index is 808. The second-order valence-corrected chi connectivity index (χ2v) is 12.1. The van der Waals surface area contributed by atoms with E-state index in [1.165, 1.54) is 31.3 Å². The summed E-state index contributed by atoms with van der Waals surface area (Å²) in [6.07, 6.45) is 8.59. The standard InChI is InChI=1S/C29H45F2NO2/c1-18(16-32-13-11-21(17-32)14-27(30)31)24-9-10-25-22(6-5-12-29(24,25)4)7-8-23-15-26(33)20(3)28(34)19(23)2/h7-8,18,20-21,24-28,33-34H,2,5-6,9-17H2,1,3-4H3/t18?,20-,21?,24+,25-,26+,28+,29+/m0/s1. The van der Waals surface area contributed by atoms with Gasteiger partial charge in [-0.25, -0.2) is 8.78 Å². The van der Waals surface area contributed by atoms with E-state index in [-0.39, 0.29) is 18.3 Å². The number of likely N-dealkylation sites (tertiary alicyclic amines) is 1. The van der Waals surface area contributed by atoms with Gasteiger partial charge in [-0.05, 0) is 91.7 Å². The molecule has 0 radical (unpaired) electrons. The Kier molecular flexibility index (Phi) is 8.06. The quantitative estimate of drug-likeness (QED) is 0.494. The summed E-state index contributed by atoms with van der Waals surface area (Å²) in [5.74, 6) is 1.81. The molecule has 0 bridgehead atoms. The highest BCUT2D eigenvalue weighted by Gasteiger charge is 2.51. The molecule has 3 nitrogen and oxygen atoms in total. The Labute approximate surface area is 205 Å². The Morgan fingerprint density at radius 1 is 1.21 bits per heavy atom. The lowest BCUT2D eigenvalue weighted by atomic mass is 9.61. The summed E-state index contributed by atoms with van der Waals surface area (Å²) in [5.41, 5.74) is 3.54. The number of aliphatic hydroxyl groups excluding tert-OH is 2. The van der Waals surface area contributed by atoms with E-state index >= 15 is 0 Å². The normalized spacial score (nSPS) is 42.6. The predicted molar refractivity (Wildman–Crippen MR) is 134 cm³/mol. The molecule has 0 aromatic carbocycles. The van der Waals surface area contributed by atoms with Gasteiger partial charge in [-0.1, -0.05) is 45.1 Å². The molecular formula is C29H45F2NO2. The van der Waals surface area contributed by atoms with Crippen molar-refractivity contribution in [2.45, 2.75) is 90.8 Å². The summed E-state index contributed by atoms with van der Waals surface area (Å²) < 4.78 is 25.6. The minimum Gasteiger partial charge on any atom is -0.392 e. The van der Waals surface area contributed by atoms with Crippen molar-refractivity contribution in [3.63, 3.8) is 0 Å². The van der Waals surface area contributed by atoms with Gasteiger partial charge in [0, 0.05) is 25.4 Å². The number of hydrogen-bond donors (Lipinski definition) is 2. The number of rotatable bonds is 6. The molecule has 0 spiro atoms. The summed E-state index contributed by atoms with van der Waals surface area (Å²) in [7, 11) is 0. The maximum atomic E-state index is 12.8. The average molecular weight is 478 g/mol. The van der Waals surface area contributed by atoms with E-state index in [0.717, 1.165) is 43.6 Å². The Morgan fingerprint density at radius 3 is 2.71 bits per heavy atom. The van der Waals surface area contributed by atoms with Crippen LogP contribution in [0, 0.1) is 35.0 Å². The first-order chi connectivity index (χ1) is 16.1. The van der Waals surface area contributed by atoms with Gasteiger partial charge in [0.05, 0.1) is 12.2 Å². The molecule has 0 aromatic rings. The van der Waals surface area contributed by atoms with Crippen molar-refractivity contribution in [3.05, 3.63) is 35.5 Å². The van der Waals surface area contributed by atoms with Crippen LogP contribution in [0.25, 0.3) is 0 Å². The third kappa shape index (κ3) is 5.22. The topological polar surface area (TPSA) is 43.7 Å². The first-order valence-corrected chi connectivity index (χ1v) is 13.6. The van der Waals surface area contributed by atoms with Crippen LogP contribution in [0.5, 0.6) is 0 Å². The number of aliphatic hydroxyl groups is 2. The highest BCUT2D eigenvalue weighted by Crippen LogP contribution is 2.59. The third-order valence-electron chi connectivity index (χ3n) is 9.95. The maximum Gasteiger partial charge on any atom is 0.238 e. The number of hydrogen-bond acceptors (Lipinski definition) is 3. The molecule has 192 valence electrons. The molecule has 0 aromatic heterocycles. The fraction of sp³-hybridized carbons (Fsp3) is 0.793. The Morgan fingerprint density at radius 2 is 1.97 bits per heavy atom. The molecule has 5 heteroatoms. The number of halogens is 2. The molecule has 4 aliphatic rings. The first-order valence-electron chi connectivity index (χ1n) is 13.6. The van der Waals surface area contributed by atoms with Gasteiger partial charge in [0.2, 0.25) is 6.43 Å². The van der Waals surface area contributed by atoms with Gasteiger partial charge in [0.25, 0.3) is 0 Å². The predicted octanol–water partition coefficient (Wildman–Crippen LogP) is 5.99. The molecule has 2 N–H and O–H groups in total. The highest BCUT2D eigenvalue weighted by molar-refractivity contribution is 5.39. The van der Waals surface area contributed by atoms with Gasteiger partial charge in [0.15, 0.2) is 0 Å². The van der Waals surface area contributed by atoms with Crippen LogP contribution in [0.3, 0.4) is 0 Å². The fourth-order valence-electron chi connectivity index (χ4n) is 7.91. The van der Waals surface area contributed by atoms with Gasteiger partial charge >= 0.3 is 0 Å². The lowest BCUT2D eigenvalue weighted by molar-refractivity contribution is 0.0283. The largest absolute Gasteiger partial charge is 0.392 e. The van der Waals surface area contributed by atoms with Crippen molar-refractivity contribution in [2.24, 2.45) is 35.0 Å². The van der Waals surface area contributed by atoms with E-state index in [2.05, 4.69) is 37.5 Å². The molecule has 4 rings (SSSR count). The Hall–Kier alpha value is -1.04. The zero-order valence-corrected chi connectivity index (χ0v) is 21.4. The summed E-state index contributed by atoms with van der Waals surface area (Å²) >= 11 is 0. The zero-order valence-electron chi connectivity index (χ0n) is 21.4. The minimum absolute atomic E-state index is 0.0527. The second kappa shape index (κ2) is 10.5. The van der Waals surface area contributed by atoms with Crippen molar-refractivity contribution in [1.29, 1.82) is 0 Å². The van der Waals surface area contributed by atoms with Crippen molar-refractivity contribution >= 4 is 0 Å². The lowest BCUT2D eigenvalue weighted by Crippen LogP contribution is -2.39. The number of alkyl halides is 2. The van der Waals surface area contributed by atoms with Gasteiger partial charge in [-0.15, -0.1) is 0 Å². The SMILES string of the molecule is C=C1C(=CC=C2CCC[C@]3(C)[C@@H](C(C)CN4CCC(CC(F)F)C4)CC[C@@H]23)C[C@@H](O)[C@H](C)[C@@H]1O. The average Bonchev–Trinajstić information content (AvgIpc) is 3.36. The molecule has 34 heavy (non-hydrogen) atoms. The molecule has 1 aliphatic heterocycles. The first kappa shape index (κ1) is 26.0. The molecule has 8 atom stereocenters. The third-order valence-corrected chi connectivity index (χ3v) is 9.95. The monoisotopic (exact) mass is 477 g/mol. The van der Waals surface area contributed by atoms with E-state index in [4.69, 9.17) is 0 Å². The summed E-state index contributed by atoms with van der Waals surface area (Å²) in [6.45, 7) is 13.7. The van der Waals surface area contributed by atoms with Crippen LogP contribution in [0.2, 0.25) is 0 Å². The lowest BCUT2D eigenvalue weighted by Gasteiger charge is -2.45. The number of fused-ring (bicyclic) bond motifs is 1. The maximum absolute atomic E-state index is 12.8. The summed E-state index contributed by atoms with van der Waals surface area (Å²) in [6, 6.07) is 0. The number of allylic oxidation sites excluding steroid dienone is 3. The van der Waals surface area contributed by atoms with E-state index < -0.39 is 18.6 Å². The molecule has 0 amide bonds. The van der Waals surface area contributed by atoms with Gasteiger partial charge in [-0.3, -0.25) is 0 Å². The van der Waals surface area contributed by atoms with Crippen molar-refractivity contribution < 1.29 is 19.0 Å². The van der Waals surface area contributed by atoms with E-state index in [1.807, 2.05) is 6.92 Å². The van der Waals surface area contributed by atoms with Crippen molar-refractivity contribution in [2.75, 3.05) is 19.6 Å². The van der Waals surface area contributed by atoms with Crippen LogP contribution in [0.4, 0.5) is 8.78 Å². The van der Waals surface area contributed by atoms with Crippen LogP contribution >= 0.6 is 0 Å². The van der Waals surface area contributed by atoms with Crippen molar-refractivity contribution in [3.8, 4) is 0 Å². The van der Waals surface area contributed by atoms with Crippen LogP contribution in [-0.2, 0) is 0 Å². The number of nitrogens with zero attached hydrogens (tertiary/aromatic N) is 1. The zero-order chi connectivity index (χ0) is 24.6. The fourth-order valence-corrected chi connectivity index (χ4v) is 7.91. The van der Waals surface area contributed by atoms with E-state index in [9.17, 15) is 19.0 Å². The molecule has 4 fully saturated rings. The van der Waals surface area contributed by atoms with Crippen LogP contribution in [0.1, 0.15) is 72.1 Å². The molecule has 2 unspecified atom stereocenters. The van der Waals surface area contributed by atoms with Crippen LogP contribution in [-0.4, -0.2) is 53.4 Å². The molecule has 3 saturated carbocycles. The molecular weight excluding hydrogens is 432 g/mol. The van der Waals surface area contributed by atoms with Crippen LogP contribution in [0.15, 0.2) is 35.5 Å². The van der Waals surface area contributed by atoms with Gasteiger partial charge < -0.3 is 15.1 Å². The second-order valence-electron chi connectivity index (χ2n) is 12.1. The summed E-state index contributed by atoms with van der Waals surface area (Å²) in [5, 5.41) is 20.8. The van der Waals surface area contributed by atoms with E-state index in [0.29, 0.717) is 29.6 Å². The van der Waals surface area contributed by atoms with Crippen molar-refractivity contribution in [1.82, 2.24) is 4.90 Å². The molecule has 3 aliphatic carbocycles. The minimum atomic E-state index is -2.18. The van der Waals surface area contributed by atoms with E-state index in [1.54, 1.807) is 0 Å². The van der Waals surface area contributed by atoms with Gasteiger partial charge in [-0.2, -0.15) is 0 Å². The smallest absolute Gasteiger partial charge is 0.238 e. The summed E-state index contributed by atoms with van der Waals surface area (Å²) in [4.78, 5) is 2.44. The van der Waals surface area contributed by atoms with Crippen LogP contribution < -0.4 is 0 Å².